The molecule has 3 N–H and O–H groups in total. The molecule has 1 aromatic heterocycles. The second-order valence-corrected chi connectivity index (χ2v) is 7.42. The van der Waals surface area contributed by atoms with Crippen LogP contribution >= 0.6 is 11.3 Å². The first-order valence-corrected chi connectivity index (χ1v) is 8.76. The summed E-state index contributed by atoms with van der Waals surface area (Å²) >= 11 is 2.01. The standard InChI is InChI=1S/C16H26N2S/c17-18-14(10-9-12-5-1-2-6-12)16-11-13-7-3-4-8-15(13)19-16/h11-12,14,18H,1-10,17H2. The lowest BCUT2D eigenvalue weighted by atomic mass is 9.96. The zero-order valence-corrected chi connectivity index (χ0v) is 12.6. The Hall–Kier alpha value is -0.380. The van der Waals surface area contributed by atoms with Crippen molar-refractivity contribution in [1.82, 2.24) is 5.43 Å². The average molecular weight is 278 g/mol. The fourth-order valence-electron chi connectivity index (χ4n) is 3.69. The summed E-state index contributed by atoms with van der Waals surface area (Å²) in [6, 6.07) is 2.81. The van der Waals surface area contributed by atoms with E-state index in [4.69, 9.17) is 5.84 Å². The molecule has 106 valence electrons. The van der Waals surface area contributed by atoms with Crippen LogP contribution in [0.25, 0.3) is 0 Å². The summed E-state index contributed by atoms with van der Waals surface area (Å²) in [4.78, 5) is 3.11. The topological polar surface area (TPSA) is 38.0 Å². The minimum Gasteiger partial charge on any atom is -0.271 e. The summed E-state index contributed by atoms with van der Waals surface area (Å²) in [6.45, 7) is 0. The number of hydrogen-bond donors (Lipinski definition) is 2. The summed E-state index contributed by atoms with van der Waals surface area (Å²) in [6.07, 6.45) is 13.6. The third kappa shape index (κ3) is 3.21. The maximum Gasteiger partial charge on any atom is 0.0553 e. The van der Waals surface area contributed by atoms with E-state index in [1.165, 1.54) is 69.1 Å². The van der Waals surface area contributed by atoms with Crippen LogP contribution in [0.2, 0.25) is 0 Å². The van der Waals surface area contributed by atoms with E-state index in [9.17, 15) is 0 Å². The molecule has 1 heterocycles. The van der Waals surface area contributed by atoms with Crippen LogP contribution in [0.5, 0.6) is 0 Å². The maximum atomic E-state index is 5.80. The quantitative estimate of drug-likeness (QED) is 0.628. The zero-order valence-electron chi connectivity index (χ0n) is 11.8. The minimum atomic E-state index is 0.385. The number of aryl methyl sites for hydroxylation is 2. The van der Waals surface area contributed by atoms with Crippen molar-refractivity contribution in [2.75, 3.05) is 0 Å². The number of nitrogens with one attached hydrogen (secondary N) is 1. The average Bonchev–Trinajstić information content (AvgIpc) is 3.08. The number of hydrazine groups is 1. The van der Waals surface area contributed by atoms with Crippen LogP contribution in [0.1, 0.15) is 72.7 Å². The van der Waals surface area contributed by atoms with Crippen molar-refractivity contribution in [3.05, 3.63) is 21.4 Å². The minimum absolute atomic E-state index is 0.385. The molecule has 0 radical (unpaired) electrons. The predicted octanol–water partition coefficient (Wildman–Crippen LogP) is 4.10. The fraction of sp³-hybridized carbons (Fsp3) is 0.750. The Labute approximate surface area is 120 Å². The summed E-state index contributed by atoms with van der Waals surface area (Å²) in [5.74, 6) is 6.77. The van der Waals surface area contributed by atoms with Crippen LogP contribution in [-0.4, -0.2) is 0 Å². The van der Waals surface area contributed by atoms with Crippen LogP contribution in [0.3, 0.4) is 0 Å². The van der Waals surface area contributed by atoms with Crippen molar-refractivity contribution >= 4 is 11.3 Å². The molecular formula is C16H26N2S. The van der Waals surface area contributed by atoms with E-state index in [1.54, 1.807) is 10.4 Å². The normalized spacial score (nSPS) is 21.5. The van der Waals surface area contributed by atoms with Gasteiger partial charge in [-0.3, -0.25) is 11.3 Å². The molecule has 1 atom stereocenters. The van der Waals surface area contributed by atoms with E-state index in [0.717, 1.165) is 5.92 Å². The Morgan fingerprint density at radius 2 is 2.00 bits per heavy atom. The summed E-state index contributed by atoms with van der Waals surface area (Å²) in [5.41, 5.74) is 4.67. The highest BCUT2D eigenvalue weighted by Gasteiger charge is 2.21. The van der Waals surface area contributed by atoms with Crippen molar-refractivity contribution in [1.29, 1.82) is 0 Å². The van der Waals surface area contributed by atoms with Gasteiger partial charge in [0.1, 0.15) is 0 Å². The Balaban J connectivity index is 1.62. The number of rotatable bonds is 5. The Bertz CT molecular complexity index is 383. The molecule has 2 nitrogen and oxygen atoms in total. The van der Waals surface area contributed by atoms with E-state index in [1.807, 2.05) is 11.3 Å². The van der Waals surface area contributed by atoms with Crippen LogP contribution in [0, 0.1) is 5.92 Å². The largest absolute Gasteiger partial charge is 0.271 e. The predicted molar refractivity (Wildman–Crippen MR) is 82.2 cm³/mol. The number of thiophene rings is 1. The second-order valence-electron chi connectivity index (χ2n) is 6.25. The Kier molecular flexibility index (Phi) is 4.57. The number of hydrogen-bond acceptors (Lipinski definition) is 3. The third-order valence-electron chi connectivity index (χ3n) is 4.90. The van der Waals surface area contributed by atoms with Gasteiger partial charge >= 0.3 is 0 Å². The molecule has 1 aromatic rings. The van der Waals surface area contributed by atoms with Gasteiger partial charge < -0.3 is 0 Å². The molecule has 0 aromatic carbocycles. The number of nitrogens with two attached hydrogens (primary N) is 1. The van der Waals surface area contributed by atoms with Crippen molar-refractivity contribution in [3.8, 4) is 0 Å². The van der Waals surface area contributed by atoms with Crippen molar-refractivity contribution < 1.29 is 0 Å². The molecule has 0 bridgehead atoms. The van der Waals surface area contributed by atoms with Gasteiger partial charge in [-0.15, -0.1) is 11.3 Å². The first-order chi connectivity index (χ1) is 9.36. The van der Waals surface area contributed by atoms with Gasteiger partial charge in [0.15, 0.2) is 0 Å². The molecular weight excluding hydrogens is 252 g/mol. The third-order valence-corrected chi connectivity index (χ3v) is 6.25. The molecule has 1 unspecified atom stereocenters. The highest BCUT2D eigenvalue weighted by atomic mass is 32.1. The molecule has 1 fully saturated rings. The fourth-order valence-corrected chi connectivity index (χ4v) is 5.05. The summed E-state index contributed by atoms with van der Waals surface area (Å²) in [5, 5.41) is 0. The Morgan fingerprint density at radius 1 is 1.21 bits per heavy atom. The van der Waals surface area contributed by atoms with Gasteiger partial charge in [0.2, 0.25) is 0 Å². The highest BCUT2D eigenvalue weighted by molar-refractivity contribution is 7.12. The Morgan fingerprint density at radius 3 is 2.74 bits per heavy atom. The van der Waals surface area contributed by atoms with Crippen molar-refractivity contribution in [2.45, 2.75) is 70.3 Å². The molecule has 3 heteroatoms. The van der Waals surface area contributed by atoms with Gasteiger partial charge in [0.05, 0.1) is 6.04 Å². The number of fused-ring (bicyclic) bond motifs is 1. The molecule has 0 aliphatic heterocycles. The van der Waals surface area contributed by atoms with Crippen LogP contribution in [0.15, 0.2) is 6.07 Å². The molecule has 1 saturated carbocycles. The molecule has 0 amide bonds. The van der Waals surface area contributed by atoms with Gasteiger partial charge in [-0.2, -0.15) is 0 Å². The van der Waals surface area contributed by atoms with Gasteiger partial charge in [0.25, 0.3) is 0 Å². The highest BCUT2D eigenvalue weighted by Crippen LogP contribution is 2.36. The second kappa shape index (κ2) is 6.38. The summed E-state index contributed by atoms with van der Waals surface area (Å²) < 4.78 is 0. The van der Waals surface area contributed by atoms with Crippen LogP contribution in [-0.2, 0) is 12.8 Å². The van der Waals surface area contributed by atoms with Crippen LogP contribution < -0.4 is 11.3 Å². The van der Waals surface area contributed by atoms with Gasteiger partial charge in [-0.05, 0) is 56.1 Å². The lowest BCUT2D eigenvalue weighted by molar-refractivity contribution is 0.419. The van der Waals surface area contributed by atoms with E-state index in [0.29, 0.717) is 6.04 Å². The molecule has 0 spiro atoms. The van der Waals surface area contributed by atoms with Gasteiger partial charge in [-0.1, -0.05) is 25.7 Å². The molecule has 2 aliphatic rings. The maximum absolute atomic E-state index is 5.80. The first-order valence-electron chi connectivity index (χ1n) is 7.94. The summed E-state index contributed by atoms with van der Waals surface area (Å²) in [7, 11) is 0. The van der Waals surface area contributed by atoms with Crippen molar-refractivity contribution in [3.63, 3.8) is 0 Å². The van der Waals surface area contributed by atoms with Crippen LogP contribution in [0.4, 0.5) is 0 Å². The van der Waals surface area contributed by atoms with Crippen molar-refractivity contribution in [2.24, 2.45) is 11.8 Å². The van der Waals surface area contributed by atoms with E-state index in [-0.39, 0.29) is 0 Å². The van der Waals surface area contributed by atoms with E-state index < -0.39 is 0 Å². The SMILES string of the molecule is NNC(CCC1CCCC1)c1cc2c(s1)CCCC2. The lowest BCUT2D eigenvalue weighted by Crippen LogP contribution is -2.27. The zero-order chi connectivity index (χ0) is 13.1. The molecule has 3 rings (SSSR count). The first kappa shape index (κ1) is 13.6. The van der Waals surface area contributed by atoms with Gasteiger partial charge in [-0.25, -0.2) is 0 Å². The molecule has 2 aliphatic carbocycles. The van der Waals surface area contributed by atoms with E-state index >= 15 is 0 Å². The van der Waals surface area contributed by atoms with E-state index in [2.05, 4.69) is 11.5 Å². The van der Waals surface area contributed by atoms with Gasteiger partial charge in [0, 0.05) is 9.75 Å². The lowest BCUT2D eigenvalue weighted by Gasteiger charge is -2.16. The smallest absolute Gasteiger partial charge is 0.0553 e. The monoisotopic (exact) mass is 278 g/mol. The molecule has 19 heavy (non-hydrogen) atoms. The molecule has 0 saturated heterocycles.